The average molecular weight is 356 g/mol. The Balaban J connectivity index is 2.03. The number of aromatic nitrogens is 2. The van der Waals surface area contributed by atoms with Crippen molar-refractivity contribution in [2.75, 3.05) is 4.90 Å². The van der Waals surface area contributed by atoms with Crippen molar-refractivity contribution in [1.29, 1.82) is 0 Å². The highest BCUT2D eigenvalue weighted by atomic mass is 79.9. The topological polar surface area (TPSA) is 72.2 Å². The van der Waals surface area contributed by atoms with Gasteiger partial charge in [-0.15, -0.1) is 0 Å². The second-order valence-electron chi connectivity index (χ2n) is 4.36. The lowest BCUT2D eigenvalue weighted by molar-refractivity contribution is -0.384. The molecule has 0 bridgehead atoms. The summed E-state index contributed by atoms with van der Waals surface area (Å²) in [7, 11) is 0. The van der Waals surface area contributed by atoms with Crippen molar-refractivity contribution in [3.05, 3.63) is 55.5 Å². The number of nitrogens with zero attached hydrogens (tertiary/aromatic N) is 4. The van der Waals surface area contributed by atoms with E-state index < -0.39 is 4.92 Å². The van der Waals surface area contributed by atoms with Gasteiger partial charge < -0.3 is 4.90 Å². The maximum atomic E-state index is 11.1. The molecular weight excluding hydrogens is 348 g/mol. The fraction of sp³-hybridized carbons (Fsp3) is 0.167. The lowest BCUT2D eigenvalue weighted by Gasteiger charge is -2.18. The molecule has 2 aromatic heterocycles. The molecule has 0 aromatic carbocycles. The van der Waals surface area contributed by atoms with Gasteiger partial charge in [-0.3, -0.25) is 20.1 Å². The van der Waals surface area contributed by atoms with Crippen LogP contribution in [0.2, 0.25) is 5.02 Å². The Kier molecular flexibility index (Phi) is 3.31. The monoisotopic (exact) mass is 354 g/mol. The van der Waals surface area contributed by atoms with Gasteiger partial charge in [0.2, 0.25) is 0 Å². The van der Waals surface area contributed by atoms with E-state index >= 15 is 0 Å². The van der Waals surface area contributed by atoms with Crippen molar-refractivity contribution >= 4 is 38.9 Å². The summed E-state index contributed by atoms with van der Waals surface area (Å²) >= 11 is 9.46. The van der Waals surface area contributed by atoms with Crippen LogP contribution in [-0.2, 0) is 13.1 Å². The van der Waals surface area contributed by atoms with E-state index in [0.717, 1.165) is 15.7 Å². The van der Waals surface area contributed by atoms with E-state index in [4.69, 9.17) is 11.6 Å². The number of pyridine rings is 2. The Bertz CT molecular complexity index is 710. The number of hydrogen-bond acceptors (Lipinski definition) is 5. The quantitative estimate of drug-likeness (QED) is 0.610. The molecule has 2 aromatic rings. The Morgan fingerprint density at radius 1 is 1.35 bits per heavy atom. The third kappa shape index (κ3) is 2.23. The van der Waals surface area contributed by atoms with Crippen LogP contribution in [0.15, 0.2) is 29.1 Å². The third-order valence-corrected chi connectivity index (χ3v) is 3.81. The molecule has 102 valence electrons. The maximum Gasteiger partial charge on any atom is 0.312 e. The Hall–Kier alpha value is -1.73. The number of nitro groups is 1. The minimum atomic E-state index is -0.472. The zero-order valence-corrected chi connectivity index (χ0v) is 12.4. The summed E-state index contributed by atoms with van der Waals surface area (Å²) in [6.45, 7) is 1.03. The van der Waals surface area contributed by atoms with Crippen LogP contribution in [0.3, 0.4) is 0 Å². The van der Waals surface area contributed by atoms with Gasteiger partial charge in [0.05, 0.1) is 22.2 Å². The molecule has 1 aliphatic heterocycles. The van der Waals surface area contributed by atoms with Crippen LogP contribution < -0.4 is 4.90 Å². The van der Waals surface area contributed by atoms with Gasteiger partial charge in [-0.1, -0.05) is 11.6 Å². The van der Waals surface area contributed by atoms with E-state index in [0.29, 0.717) is 18.8 Å². The van der Waals surface area contributed by atoms with E-state index in [9.17, 15) is 10.1 Å². The molecule has 0 aliphatic carbocycles. The molecule has 0 N–H and O–H groups in total. The van der Waals surface area contributed by atoms with Crippen molar-refractivity contribution in [2.45, 2.75) is 13.1 Å². The Morgan fingerprint density at radius 3 is 2.90 bits per heavy atom. The summed E-state index contributed by atoms with van der Waals surface area (Å²) in [5.41, 5.74) is 2.22. The number of fused-ring (bicyclic) bond motifs is 1. The van der Waals surface area contributed by atoms with Crippen molar-refractivity contribution < 1.29 is 4.92 Å². The molecular formula is C12H8BrClN4O2. The van der Waals surface area contributed by atoms with Gasteiger partial charge in [0.15, 0.2) is 0 Å². The first-order valence-corrected chi connectivity index (χ1v) is 6.89. The van der Waals surface area contributed by atoms with Gasteiger partial charge in [0.25, 0.3) is 0 Å². The zero-order chi connectivity index (χ0) is 14.3. The molecule has 3 rings (SSSR count). The first kappa shape index (κ1) is 13.3. The minimum absolute atomic E-state index is 0.0932. The largest absolute Gasteiger partial charge is 0.354 e. The van der Waals surface area contributed by atoms with Crippen LogP contribution in [-0.4, -0.2) is 14.9 Å². The molecule has 0 atom stereocenters. The lowest BCUT2D eigenvalue weighted by atomic mass is 10.2. The fourth-order valence-corrected chi connectivity index (χ4v) is 2.91. The predicted octanol–water partition coefficient (Wildman–Crippen LogP) is 3.32. The Morgan fingerprint density at radius 2 is 2.15 bits per heavy atom. The summed E-state index contributed by atoms with van der Waals surface area (Å²) in [5, 5.41) is 11.4. The summed E-state index contributed by atoms with van der Waals surface area (Å²) in [4.78, 5) is 20.6. The Labute approximate surface area is 127 Å². The number of rotatable bonds is 2. The lowest BCUT2D eigenvalue weighted by Crippen LogP contribution is -2.17. The standard InChI is InChI=1S/C12H8BrClN4O2/c13-8-1-7-5-17(6-10(7)16-2-8)12-9(14)3-15-4-11(12)18(19)20/h1-4H,5-6H2. The van der Waals surface area contributed by atoms with Gasteiger partial charge in [-0.2, -0.15) is 0 Å². The van der Waals surface area contributed by atoms with Gasteiger partial charge in [-0.25, -0.2) is 0 Å². The molecule has 20 heavy (non-hydrogen) atoms. The fourth-order valence-electron chi connectivity index (χ4n) is 2.25. The van der Waals surface area contributed by atoms with Gasteiger partial charge in [0.1, 0.15) is 11.9 Å². The predicted molar refractivity (Wildman–Crippen MR) is 77.7 cm³/mol. The zero-order valence-electron chi connectivity index (χ0n) is 10.1. The average Bonchev–Trinajstić information content (AvgIpc) is 2.80. The molecule has 0 radical (unpaired) electrons. The maximum absolute atomic E-state index is 11.1. The summed E-state index contributed by atoms with van der Waals surface area (Å²) in [6.07, 6.45) is 4.34. The molecule has 0 amide bonds. The molecule has 0 saturated carbocycles. The normalized spacial score (nSPS) is 13.4. The first-order valence-electron chi connectivity index (χ1n) is 5.72. The molecule has 8 heteroatoms. The van der Waals surface area contributed by atoms with E-state index in [1.54, 1.807) is 6.20 Å². The number of anilines is 1. The smallest absolute Gasteiger partial charge is 0.312 e. The highest BCUT2D eigenvalue weighted by Gasteiger charge is 2.28. The molecule has 6 nitrogen and oxygen atoms in total. The summed E-state index contributed by atoms with van der Waals surface area (Å²) in [6, 6.07) is 1.96. The molecule has 0 spiro atoms. The van der Waals surface area contributed by atoms with Crippen LogP contribution >= 0.6 is 27.5 Å². The van der Waals surface area contributed by atoms with E-state index in [1.807, 2.05) is 11.0 Å². The highest BCUT2D eigenvalue weighted by molar-refractivity contribution is 9.10. The van der Waals surface area contributed by atoms with Gasteiger partial charge in [0, 0.05) is 23.4 Å². The van der Waals surface area contributed by atoms with Crippen LogP contribution in [0.5, 0.6) is 0 Å². The second kappa shape index (κ2) is 4.99. The highest BCUT2D eigenvalue weighted by Crippen LogP contribution is 2.38. The number of halogens is 2. The third-order valence-electron chi connectivity index (χ3n) is 3.09. The summed E-state index contributed by atoms with van der Waals surface area (Å²) in [5.74, 6) is 0. The van der Waals surface area contributed by atoms with Crippen LogP contribution in [0, 0.1) is 10.1 Å². The van der Waals surface area contributed by atoms with Crippen LogP contribution in [0.4, 0.5) is 11.4 Å². The van der Waals surface area contributed by atoms with Crippen LogP contribution in [0.1, 0.15) is 11.3 Å². The van der Waals surface area contributed by atoms with Crippen molar-refractivity contribution in [3.8, 4) is 0 Å². The van der Waals surface area contributed by atoms with Gasteiger partial charge >= 0.3 is 5.69 Å². The molecule has 0 unspecified atom stereocenters. The van der Waals surface area contributed by atoms with Crippen molar-refractivity contribution in [3.63, 3.8) is 0 Å². The first-order chi connectivity index (χ1) is 9.56. The summed E-state index contributed by atoms with van der Waals surface area (Å²) < 4.78 is 0.883. The minimum Gasteiger partial charge on any atom is -0.354 e. The number of hydrogen-bond donors (Lipinski definition) is 0. The van der Waals surface area contributed by atoms with Gasteiger partial charge in [-0.05, 0) is 27.6 Å². The van der Waals surface area contributed by atoms with E-state index in [-0.39, 0.29) is 10.7 Å². The molecule has 0 fully saturated rings. The molecule has 1 aliphatic rings. The van der Waals surface area contributed by atoms with E-state index in [1.165, 1.54) is 12.4 Å². The molecule has 0 saturated heterocycles. The molecule has 3 heterocycles. The second-order valence-corrected chi connectivity index (χ2v) is 5.68. The van der Waals surface area contributed by atoms with Crippen molar-refractivity contribution in [2.24, 2.45) is 0 Å². The SMILES string of the molecule is O=[N+]([O-])c1cncc(Cl)c1N1Cc2cc(Br)cnc2C1. The van der Waals surface area contributed by atoms with Crippen molar-refractivity contribution in [1.82, 2.24) is 9.97 Å². The van der Waals surface area contributed by atoms with E-state index in [2.05, 4.69) is 25.9 Å². The van der Waals surface area contributed by atoms with Crippen LogP contribution in [0.25, 0.3) is 0 Å².